The zero-order valence-corrected chi connectivity index (χ0v) is 11.4. The van der Waals surface area contributed by atoms with Gasteiger partial charge in [-0.3, -0.25) is 0 Å². The third-order valence-electron chi connectivity index (χ3n) is 0.354. The van der Waals surface area contributed by atoms with Crippen molar-refractivity contribution in [3.8, 4) is 0 Å². The van der Waals surface area contributed by atoms with E-state index < -0.39 is 7.81 Å². The molecule has 0 bridgehead atoms. The van der Waals surface area contributed by atoms with E-state index in [1.807, 2.05) is 0 Å². The van der Waals surface area contributed by atoms with Crippen LogP contribution in [-0.2, 0) is 0 Å². The third-order valence-corrected chi connectivity index (χ3v) is 0.354. The number of unbranched alkanes of at least 4 members (excludes halogenated alkanes) is 1. The smallest absolute Gasteiger partial charge is 0 e. The van der Waals surface area contributed by atoms with E-state index in [9.17, 15) is 25.2 Å². The molecule has 0 saturated heterocycles. The molecule has 0 aliphatic carbocycles. The van der Waals surface area contributed by atoms with E-state index in [-0.39, 0.29) is 31.1 Å². The summed E-state index contributed by atoms with van der Waals surface area (Å²) >= 11 is 0. The summed E-state index contributed by atoms with van der Waals surface area (Å²) in [6.07, 6.45) is 2.28. The summed E-state index contributed by atoms with van der Waals surface area (Å²) in [5.41, 5.74) is 0. The van der Waals surface area contributed by atoms with Gasteiger partial charge >= 0.3 is 33.0 Å². The monoisotopic (exact) mass is 440 g/mol. The fraction of sp³-hybridized carbons (Fsp3) is 0.750. The predicted molar refractivity (Wildman–Crippen MR) is 33.8 cm³/mol. The number of halogens is 6. The molecular weight excluding hydrogens is 431 g/mol. The van der Waals surface area contributed by atoms with Crippen LogP contribution in [0.3, 0.4) is 0 Å². The second-order valence-corrected chi connectivity index (χ2v) is 3.73. The molecule has 0 N–H and O–H groups in total. The molecule has 0 saturated carbocycles. The van der Waals surface area contributed by atoms with Gasteiger partial charge in [-0.1, -0.05) is 13.3 Å². The minimum absolute atomic E-state index is 0. The van der Waals surface area contributed by atoms with Crippen LogP contribution in [0.1, 0.15) is 19.8 Å². The van der Waals surface area contributed by atoms with Gasteiger partial charge in [-0.2, -0.15) is 6.42 Å². The SMILES string of the molecule is F[P-](F)(F)(F)(F)F.[CH2-]CCC.[U]. The second kappa shape index (κ2) is 4.52. The van der Waals surface area contributed by atoms with Gasteiger partial charge < -0.3 is 6.92 Å². The van der Waals surface area contributed by atoms with Crippen molar-refractivity contribution in [2.75, 3.05) is 0 Å². The zero-order chi connectivity index (χ0) is 9.82. The molecule has 0 aromatic carbocycles. The fourth-order valence-corrected chi connectivity index (χ4v) is 0. The first-order chi connectivity index (χ1) is 4.36. The van der Waals surface area contributed by atoms with Crippen molar-refractivity contribution in [3.63, 3.8) is 0 Å². The van der Waals surface area contributed by atoms with Crippen LogP contribution in [0, 0.1) is 38.0 Å². The molecule has 0 amide bonds. The molecule has 0 aromatic rings. The molecule has 78 valence electrons. The third kappa shape index (κ3) is 263. The van der Waals surface area contributed by atoms with Gasteiger partial charge in [0.05, 0.1) is 0 Å². The Labute approximate surface area is 90.7 Å². The van der Waals surface area contributed by atoms with Crippen LogP contribution in [0.15, 0.2) is 0 Å². The van der Waals surface area contributed by atoms with Gasteiger partial charge in [0.1, 0.15) is 0 Å². The van der Waals surface area contributed by atoms with Crippen LogP contribution in [0.4, 0.5) is 25.2 Å². The van der Waals surface area contributed by atoms with Gasteiger partial charge in [-0.05, 0) is 0 Å². The minimum Gasteiger partial charge on any atom is -0.343 e. The van der Waals surface area contributed by atoms with E-state index >= 15 is 0 Å². The molecule has 0 radical (unpaired) electrons. The first-order valence-electron chi connectivity index (χ1n) is 2.72. The van der Waals surface area contributed by atoms with Gasteiger partial charge in [0.2, 0.25) is 0 Å². The largest absolute Gasteiger partial charge is 0.343 e. The molecular formula is C4H9F6PU-2. The van der Waals surface area contributed by atoms with Gasteiger partial charge in [-0.15, -0.1) is 0 Å². The van der Waals surface area contributed by atoms with Crippen LogP contribution >= 0.6 is 7.81 Å². The number of hydrogen-bond acceptors (Lipinski definition) is 0. The molecule has 0 aliphatic rings. The molecule has 0 atom stereocenters. The maximum absolute atomic E-state index is 10.7. The van der Waals surface area contributed by atoms with Crippen LogP contribution in [0.5, 0.6) is 0 Å². The van der Waals surface area contributed by atoms with Crippen molar-refractivity contribution in [1.29, 1.82) is 0 Å². The van der Waals surface area contributed by atoms with Crippen LogP contribution < -0.4 is 0 Å². The van der Waals surface area contributed by atoms with Crippen LogP contribution in [0.2, 0.25) is 0 Å². The summed E-state index contributed by atoms with van der Waals surface area (Å²) in [4.78, 5) is 0. The van der Waals surface area contributed by atoms with Gasteiger partial charge in [0, 0.05) is 31.1 Å². The number of hydrogen-bond donors (Lipinski definition) is 0. The first kappa shape index (κ1) is 18.8. The average Bonchev–Trinajstić information content (AvgIpc) is 1.57. The topological polar surface area (TPSA) is 0 Å². The maximum Gasteiger partial charge on any atom is 0 e. The summed E-state index contributed by atoms with van der Waals surface area (Å²) in [5.74, 6) is 0. The van der Waals surface area contributed by atoms with Crippen LogP contribution in [0.25, 0.3) is 0 Å². The molecule has 0 spiro atoms. The summed E-state index contributed by atoms with van der Waals surface area (Å²) in [7, 11) is -10.7. The van der Waals surface area contributed by atoms with Crippen molar-refractivity contribution in [2.45, 2.75) is 19.8 Å². The maximum atomic E-state index is 9.87. The predicted octanol–water partition coefficient (Wildman–Crippen LogP) is 5.00. The summed E-state index contributed by atoms with van der Waals surface area (Å²) in [5, 5.41) is 0. The summed E-state index contributed by atoms with van der Waals surface area (Å²) in [6.45, 7) is 5.72. The average molecular weight is 440 g/mol. The van der Waals surface area contributed by atoms with E-state index in [4.69, 9.17) is 0 Å². The van der Waals surface area contributed by atoms with Crippen molar-refractivity contribution < 1.29 is 56.3 Å². The Bertz CT molecular complexity index is 97.9. The van der Waals surface area contributed by atoms with E-state index in [1.54, 1.807) is 0 Å². The van der Waals surface area contributed by atoms with E-state index in [0.717, 1.165) is 6.42 Å². The van der Waals surface area contributed by atoms with Crippen LogP contribution in [-0.4, -0.2) is 0 Å². The second-order valence-electron chi connectivity index (χ2n) is 1.81. The van der Waals surface area contributed by atoms with Gasteiger partial charge in [0.15, 0.2) is 0 Å². The van der Waals surface area contributed by atoms with Gasteiger partial charge in [0.25, 0.3) is 0 Å². The molecule has 0 fully saturated rings. The molecule has 0 unspecified atom stereocenters. The Balaban J connectivity index is -0.000000142. The number of rotatable bonds is 1. The van der Waals surface area contributed by atoms with Crippen molar-refractivity contribution in [2.24, 2.45) is 0 Å². The van der Waals surface area contributed by atoms with E-state index in [2.05, 4.69) is 13.8 Å². The molecule has 8 heteroatoms. The molecule has 0 heterocycles. The summed E-state index contributed by atoms with van der Waals surface area (Å²) in [6, 6.07) is 0. The Morgan fingerprint density at radius 3 is 1.08 bits per heavy atom. The minimum atomic E-state index is -10.7. The van der Waals surface area contributed by atoms with Crippen molar-refractivity contribution in [3.05, 3.63) is 6.92 Å². The molecule has 0 rings (SSSR count). The van der Waals surface area contributed by atoms with Crippen molar-refractivity contribution in [1.82, 2.24) is 0 Å². The quantitative estimate of drug-likeness (QED) is 0.306. The fourth-order valence-electron chi connectivity index (χ4n) is 0. The Hall–Kier alpha value is 1.06. The Morgan fingerprint density at radius 2 is 1.08 bits per heavy atom. The normalized spacial score (nSPS) is 16.0. The standard InChI is InChI=1S/C4H9.F6P.U/c1-3-4-2;1-7(2,3,4,5)6;/h1,3-4H2,2H3;;/q2*-1;. The Morgan fingerprint density at radius 1 is 1.00 bits per heavy atom. The Kier molecular flexibility index (Phi) is 7.08. The van der Waals surface area contributed by atoms with E-state index in [0.29, 0.717) is 0 Å². The molecule has 0 aliphatic heterocycles. The van der Waals surface area contributed by atoms with Crippen molar-refractivity contribution >= 4 is 7.81 Å². The van der Waals surface area contributed by atoms with Gasteiger partial charge in [-0.25, -0.2) is 0 Å². The van der Waals surface area contributed by atoms with E-state index in [1.165, 1.54) is 6.42 Å². The molecule has 12 heavy (non-hydrogen) atoms. The first-order valence-corrected chi connectivity index (χ1v) is 4.75. The zero-order valence-electron chi connectivity index (χ0n) is 6.34. The summed E-state index contributed by atoms with van der Waals surface area (Å²) < 4.78 is 59.2. The molecule has 0 nitrogen and oxygen atoms in total. The molecule has 0 aromatic heterocycles.